The molecule has 9 heteroatoms. The maximum absolute atomic E-state index is 12.5. The third kappa shape index (κ3) is 3.77. The number of hydrogen-bond acceptors (Lipinski definition) is 7. The highest BCUT2D eigenvalue weighted by Crippen LogP contribution is 2.25. The van der Waals surface area contributed by atoms with Gasteiger partial charge in [-0.2, -0.15) is 10.1 Å². The van der Waals surface area contributed by atoms with E-state index in [4.69, 9.17) is 9.26 Å². The largest absolute Gasteiger partial charge is 0.487 e. The molecule has 1 aliphatic rings. The fraction of sp³-hybridized carbons (Fsp3) is 0.227. The van der Waals surface area contributed by atoms with Crippen molar-refractivity contribution in [2.45, 2.75) is 13.0 Å². The van der Waals surface area contributed by atoms with Gasteiger partial charge in [0.05, 0.1) is 13.1 Å². The summed E-state index contributed by atoms with van der Waals surface area (Å²) in [4.78, 5) is 22.6. The average molecular weight is 416 g/mol. The average Bonchev–Trinajstić information content (AvgIpc) is 3.38. The van der Waals surface area contributed by atoms with Gasteiger partial charge in [-0.1, -0.05) is 5.16 Å². The molecular weight excluding hydrogens is 396 g/mol. The predicted molar refractivity (Wildman–Crippen MR) is 111 cm³/mol. The van der Waals surface area contributed by atoms with Gasteiger partial charge in [0.15, 0.2) is 5.69 Å². The maximum atomic E-state index is 12.5. The summed E-state index contributed by atoms with van der Waals surface area (Å²) < 4.78 is 13.0. The van der Waals surface area contributed by atoms with Crippen LogP contribution in [0.25, 0.3) is 22.8 Å². The second kappa shape index (κ2) is 7.67. The zero-order valence-corrected chi connectivity index (χ0v) is 17.1. The van der Waals surface area contributed by atoms with Crippen molar-refractivity contribution >= 4 is 5.91 Å². The van der Waals surface area contributed by atoms with Gasteiger partial charge in [0.25, 0.3) is 11.8 Å². The van der Waals surface area contributed by atoms with Crippen LogP contribution in [0.3, 0.4) is 0 Å². The Kier molecular flexibility index (Phi) is 4.70. The van der Waals surface area contributed by atoms with Gasteiger partial charge in [0.2, 0.25) is 5.82 Å². The molecule has 0 atom stereocenters. The molecule has 1 aromatic carbocycles. The van der Waals surface area contributed by atoms with Gasteiger partial charge >= 0.3 is 0 Å². The van der Waals surface area contributed by atoms with Gasteiger partial charge in [0.1, 0.15) is 11.9 Å². The molecule has 4 aromatic rings. The molecule has 0 unspecified atom stereocenters. The van der Waals surface area contributed by atoms with Crippen molar-refractivity contribution in [1.29, 1.82) is 0 Å². The minimum Gasteiger partial charge on any atom is -0.487 e. The van der Waals surface area contributed by atoms with Gasteiger partial charge in [0, 0.05) is 36.3 Å². The SMILES string of the molecule is Cc1cc(C(=O)N2CC(Oc3ccc(-c4noc(-c5ccncc5)n4)cc3)C2)nn1C. The molecule has 4 heterocycles. The monoisotopic (exact) mass is 416 g/mol. The first-order valence-corrected chi connectivity index (χ1v) is 9.88. The summed E-state index contributed by atoms with van der Waals surface area (Å²) in [7, 11) is 1.83. The van der Waals surface area contributed by atoms with E-state index in [1.807, 2.05) is 50.4 Å². The second-order valence-corrected chi connectivity index (χ2v) is 7.43. The van der Waals surface area contributed by atoms with Crippen molar-refractivity contribution < 1.29 is 14.1 Å². The first kappa shape index (κ1) is 19.0. The van der Waals surface area contributed by atoms with Gasteiger partial charge in [-0.15, -0.1) is 0 Å². The molecule has 0 radical (unpaired) electrons. The van der Waals surface area contributed by atoms with E-state index >= 15 is 0 Å². The van der Waals surface area contributed by atoms with Gasteiger partial charge in [-0.3, -0.25) is 14.5 Å². The highest BCUT2D eigenvalue weighted by atomic mass is 16.5. The van der Waals surface area contributed by atoms with Gasteiger partial charge in [-0.25, -0.2) is 0 Å². The van der Waals surface area contributed by atoms with Crippen molar-refractivity contribution in [2.24, 2.45) is 7.05 Å². The third-order valence-electron chi connectivity index (χ3n) is 5.24. The molecule has 1 aliphatic heterocycles. The molecule has 0 saturated carbocycles. The number of aromatic nitrogens is 5. The highest BCUT2D eigenvalue weighted by molar-refractivity contribution is 5.93. The molecule has 156 valence electrons. The molecule has 3 aromatic heterocycles. The van der Waals surface area contributed by atoms with E-state index in [0.717, 1.165) is 22.6 Å². The number of amides is 1. The summed E-state index contributed by atoms with van der Waals surface area (Å²) >= 11 is 0. The van der Waals surface area contributed by atoms with E-state index < -0.39 is 0 Å². The van der Waals surface area contributed by atoms with Crippen LogP contribution in [-0.2, 0) is 7.05 Å². The Morgan fingerprint density at radius 3 is 2.52 bits per heavy atom. The van der Waals surface area contributed by atoms with Crippen molar-refractivity contribution in [3.05, 3.63) is 66.2 Å². The van der Waals surface area contributed by atoms with Crippen molar-refractivity contribution in [3.63, 3.8) is 0 Å². The van der Waals surface area contributed by atoms with Crippen LogP contribution in [0.2, 0.25) is 0 Å². The number of hydrogen-bond donors (Lipinski definition) is 0. The smallest absolute Gasteiger partial charge is 0.274 e. The number of rotatable bonds is 5. The normalized spacial score (nSPS) is 13.8. The Hall–Kier alpha value is -4.01. The molecule has 0 N–H and O–H groups in total. The maximum Gasteiger partial charge on any atom is 0.274 e. The van der Waals surface area contributed by atoms with E-state index in [1.54, 1.807) is 28.0 Å². The number of carbonyl (C=O) groups is 1. The van der Waals surface area contributed by atoms with Crippen molar-refractivity contribution in [2.75, 3.05) is 13.1 Å². The van der Waals surface area contributed by atoms with Crippen molar-refractivity contribution in [3.8, 4) is 28.6 Å². The standard InChI is InChI=1S/C22H20N6O3/c1-14-11-19(25-27(14)2)22(29)28-12-18(13-28)30-17-5-3-15(4-6-17)20-24-21(31-26-20)16-7-9-23-10-8-16/h3-11,18H,12-13H2,1-2H3. The zero-order valence-electron chi connectivity index (χ0n) is 17.1. The number of pyridine rings is 1. The summed E-state index contributed by atoms with van der Waals surface area (Å²) in [6.45, 7) is 3.00. The lowest BCUT2D eigenvalue weighted by Gasteiger charge is -2.38. The Morgan fingerprint density at radius 2 is 1.84 bits per heavy atom. The fourth-order valence-corrected chi connectivity index (χ4v) is 3.33. The summed E-state index contributed by atoms with van der Waals surface area (Å²) in [5.41, 5.74) is 3.06. The quantitative estimate of drug-likeness (QED) is 0.493. The van der Waals surface area contributed by atoms with Crippen LogP contribution in [0.4, 0.5) is 0 Å². The van der Waals surface area contributed by atoms with Crippen LogP contribution in [-0.4, -0.2) is 54.9 Å². The molecule has 0 aliphatic carbocycles. The van der Waals surface area contributed by atoms with Gasteiger partial charge < -0.3 is 14.2 Å². The first-order chi connectivity index (χ1) is 15.1. The van der Waals surface area contributed by atoms with Crippen LogP contribution >= 0.6 is 0 Å². The first-order valence-electron chi connectivity index (χ1n) is 9.88. The second-order valence-electron chi connectivity index (χ2n) is 7.43. The van der Waals surface area contributed by atoms with E-state index in [1.165, 1.54) is 0 Å². The molecule has 9 nitrogen and oxygen atoms in total. The Morgan fingerprint density at radius 1 is 1.10 bits per heavy atom. The van der Waals surface area contributed by atoms with Gasteiger partial charge in [-0.05, 0) is 49.4 Å². The number of aryl methyl sites for hydroxylation is 2. The molecule has 1 saturated heterocycles. The van der Waals surface area contributed by atoms with Crippen LogP contribution in [0.15, 0.2) is 59.4 Å². The lowest BCUT2D eigenvalue weighted by Crippen LogP contribution is -2.56. The molecule has 31 heavy (non-hydrogen) atoms. The Balaban J connectivity index is 1.18. The van der Waals surface area contributed by atoms with Crippen LogP contribution in [0.1, 0.15) is 16.2 Å². The molecule has 1 amide bonds. The number of likely N-dealkylation sites (tertiary alicyclic amines) is 1. The zero-order chi connectivity index (χ0) is 21.4. The Bertz CT molecular complexity index is 1190. The number of ether oxygens (including phenoxy) is 1. The molecule has 0 bridgehead atoms. The third-order valence-corrected chi connectivity index (χ3v) is 5.24. The van der Waals surface area contributed by atoms with E-state index in [9.17, 15) is 4.79 Å². The van der Waals surface area contributed by atoms with Crippen LogP contribution in [0.5, 0.6) is 5.75 Å². The van der Waals surface area contributed by atoms with E-state index in [-0.39, 0.29) is 12.0 Å². The van der Waals surface area contributed by atoms with E-state index in [2.05, 4.69) is 20.2 Å². The summed E-state index contributed by atoms with van der Waals surface area (Å²) in [6, 6.07) is 12.9. The number of benzene rings is 1. The fourth-order valence-electron chi connectivity index (χ4n) is 3.33. The highest BCUT2D eigenvalue weighted by Gasteiger charge is 2.34. The molecule has 0 spiro atoms. The number of carbonyl (C=O) groups excluding carboxylic acids is 1. The summed E-state index contributed by atoms with van der Waals surface area (Å²) in [5.74, 6) is 1.61. The van der Waals surface area contributed by atoms with Crippen LogP contribution < -0.4 is 4.74 Å². The molecular formula is C22H20N6O3. The lowest BCUT2D eigenvalue weighted by atomic mass is 10.1. The Labute approximate surface area is 178 Å². The summed E-state index contributed by atoms with van der Waals surface area (Å²) in [6.07, 6.45) is 3.32. The summed E-state index contributed by atoms with van der Waals surface area (Å²) in [5, 5.41) is 8.29. The van der Waals surface area contributed by atoms with Crippen LogP contribution in [0, 0.1) is 6.92 Å². The minimum atomic E-state index is -0.0685. The molecule has 5 rings (SSSR count). The predicted octanol–water partition coefficient (Wildman–Crippen LogP) is 2.74. The minimum absolute atomic E-state index is 0.0388. The van der Waals surface area contributed by atoms with Crippen molar-refractivity contribution in [1.82, 2.24) is 29.8 Å². The number of nitrogens with zero attached hydrogens (tertiary/aromatic N) is 6. The van der Waals surface area contributed by atoms with E-state index in [0.29, 0.717) is 30.5 Å². The molecule has 1 fully saturated rings. The lowest BCUT2D eigenvalue weighted by molar-refractivity contribution is 0.0173. The topological polar surface area (TPSA) is 99.2 Å².